The van der Waals surface area contributed by atoms with Gasteiger partial charge in [0.05, 0.1) is 11.9 Å². The molecule has 1 saturated heterocycles. The summed E-state index contributed by atoms with van der Waals surface area (Å²) in [6, 6.07) is 8.74. The number of aryl methyl sites for hydroxylation is 1. The number of carbonyl (C=O) groups excluding carboxylic acids is 1. The van der Waals surface area contributed by atoms with Crippen molar-refractivity contribution in [2.24, 2.45) is 0 Å². The first-order valence-corrected chi connectivity index (χ1v) is 12.6. The molecular weight excluding hydrogens is 511 g/mol. The summed E-state index contributed by atoms with van der Waals surface area (Å²) in [7, 11) is 0. The van der Waals surface area contributed by atoms with E-state index in [-0.39, 0.29) is 29.2 Å². The van der Waals surface area contributed by atoms with Gasteiger partial charge in [0.2, 0.25) is 5.88 Å². The van der Waals surface area contributed by atoms with Crippen LogP contribution in [0.4, 0.5) is 18.9 Å². The van der Waals surface area contributed by atoms with Gasteiger partial charge in [-0.25, -0.2) is 9.97 Å². The van der Waals surface area contributed by atoms with Gasteiger partial charge < -0.3 is 19.9 Å². The largest absolute Gasteiger partial charge is 0.437 e. The van der Waals surface area contributed by atoms with Crippen molar-refractivity contribution in [2.45, 2.75) is 26.6 Å². The number of amides is 1. The fraction of sp³-hybridized carbons (Fsp3) is 0.333. The van der Waals surface area contributed by atoms with E-state index in [1.165, 1.54) is 30.9 Å². The van der Waals surface area contributed by atoms with E-state index in [0.717, 1.165) is 31.3 Å². The van der Waals surface area contributed by atoms with Crippen LogP contribution >= 0.6 is 0 Å². The van der Waals surface area contributed by atoms with E-state index in [4.69, 9.17) is 4.74 Å². The average molecular weight is 540 g/mol. The maximum atomic E-state index is 14.0. The molecule has 4 aromatic rings. The summed E-state index contributed by atoms with van der Waals surface area (Å²) in [4.78, 5) is 32.5. The molecule has 1 aliphatic heterocycles. The third-order valence-electron chi connectivity index (χ3n) is 6.82. The lowest BCUT2D eigenvalue weighted by Crippen LogP contribution is -2.45. The van der Waals surface area contributed by atoms with Crippen LogP contribution in [0.5, 0.6) is 11.6 Å². The Balaban J connectivity index is 1.33. The summed E-state index contributed by atoms with van der Waals surface area (Å²) in [6.45, 7) is 8.09. The highest BCUT2D eigenvalue weighted by atomic mass is 19.4. The molecule has 0 atom stereocenters. The van der Waals surface area contributed by atoms with Gasteiger partial charge in [0, 0.05) is 44.0 Å². The molecule has 0 unspecified atom stereocenters. The Morgan fingerprint density at radius 3 is 2.56 bits per heavy atom. The first kappa shape index (κ1) is 26.6. The molecular formula is C27H28F3N7O2. The molecule has 1 fully saturated rings. The van der Waals surface area contributed by atoms with Crippen molar-refractivity contribution < 1.29 is 22.7 Å². The summed E-state index contributed by atoms with van der Waals surface area (Å²) in [5, 5.41) is 2.59. The van der Waals surface area contributed by atoms with Crippen molar-refractivity contribution >= 4 is 22.8 Å². The molecule has 0 bridgehead atoms. The van der Waals surface area contributed by atoms with Crippen LogP contribution in [-0.4, -0.2) is 68.4 Å². The first-order chi connectivity index (χ1) is 18.7. The molecule has 1 aliphatic rings. The number of anilines is 1. The second-order valence-corrected chi connectivity index (χ2v) is 9.40. The molecule has 2 aromatic carbocycles. The van der Waals surface area contributed by atoms with Crippen molar-refractivity contribution in [1.82, 2.24) is 29.7 Å². The van der Waals surface area contributed by atoms with Crippen LogP contribution in [0, 0.1) is 6.92 Å². The molecule has 9 nitrogen and oxygen atoms in total. The number of nitrogens with one attached hydrogen (secondary N) is 2. The van der Waals surface area contributed by atoms with Gasteiger partial charge in [-0.15, -0.1) is 0 Å². The molecule has 2 aromatic heterocycles. The minimum absolute atomic E-state index is 0.0601. The highest BCUT2D eigenvalue weighted by molar-refractivity contribution is 6.04. The standard InChI is InChI=1S/C27H28F3N7O2/c1-3-36-8-10-37(11-9-36)14-19-6-7-20(13-21(19)27(28,29)30)35-25(38)18-5-4-17(2)22(12-18)39-26-23-24(32-15-31-23)33-16-34-26/h4-7,12-13,15-16H,3,8-11,14H2,1-2H3,(H,35,38)(H,31,32,33,34). The lowest BCUT2D eigenvalue weighted by molar-refractivity contribution is -0.138. The van der Waals surface area contributed by atoms with Crippen molar-refractivity contribution in [2.75, 3.05) is 38.0 Å². The Bertz CT molecular complexity index is 1480. The first-order valence-electron chi connectivity index (χ1n) is 12.6. The minimum Gasteiger partial charge on any atom is -0.437 e. The summed E-state index contributed by atoms with van der Waals surface area (Å²) < 4.78 is 47.9. The zero-order valence-corrected chi connectivity index (χ0v) is 21.5. The number of piperazine rings is 1. The van der Waals surface area contributed by atoms with Gasteiger partial charge in [-0.1, -0.05) is 19.1 Å². The molecule has 204 valence electrons. The molecule has 3 heterocycles. The number of ether oxygens (including phenoxy) is 1. The fourth-order valence-electron chi connectivity index (χ4n) is 4.54. The van der Waals surface area contributed by atoms with Crippen molar-refractivity contribution in [3.05, 3.63) is 71.3 Å². The summed E-state index contributed by atoms with van der Waals surface area (Å²) in [5.74, 6) is 0.0391. The molecule has 1 amide bonds. The molecule has 0 spiro atoms. The second-order valence-electron chi connectivity index (χ2n) is 9.40. The smallest absolute Gasteiger partial charge is 0.416 e. The van der Waals surface area contributed by atoms with E-state index in [0.29, 0.717) is 30.0 Å². The lowest BCUT2D eigenvalue weighted by atomic mass is 10.0. The number of aromatic nitrogens is 4. The number of rotatable bonds is 7. The van der Waals surface area contributed by atoms with Crippen LogP contribution in [0.25, 0.3) is 11.2 Å². The van der Waals surface area contributed by atoms with E-state index in [1.807, 2.05) is 4.90 Å². The Labute approximate surface area is 223 Å². The number of alkyl halides is 3. The number of hydrogen-bond acceptors (Lipinski definition) is 7. The molecule has 2 N–H and O–H groups in total. The minimum atomic E-state index is -4.55. The van der Waals surface area contributed by atoms with Gasteiger partial charge in [-0.05, 0) is 48.9 Å². The summed E-state index contributed by atoms with van der Waals surface area (Å²) in [5.41, 5.74) is 1.38. The Hall–Kier alpha value is -4.03. The zero-order chi connectivity index (χ0) is 27.6. The number of fused-ring (bicyclic) bond motifs is 1. The molecule has 0 radical (unpaired) electrons. The van der Waals surface area contributed by atoms with Crippen LogP contribution in [0.15, 0.2) is 49.1 Å². The maximum absolute atomic E-state index is 14.0. The number of carbonyl (C=O) groups is 1. The Morgan fingerprint density at radius 2 is 1.82 bits per heavy atom. The molecule has 39 heavy (non-hydrogen) atoms. The maximum Gasteiger partial charge on any atom is 0.416 e. The number of aromatic amines is 1. The normalized spacial score (nSPS) is 15.0. The number of benzene rings is 2. The van der Waals surface area contributed by atoms with Crippen LogP contribution in [0.1, 0.15) is 34.0 Å². The zero-order valence-electron chi connectivity index (χ0n) is 21.5. The topological polar surface area (TPSA) is 99.3 Å². The number of hydrogen-bond donors (Lipinski definition) is 2. The van der Waals surface area contributed by atoms with Gasteiger partial charge in [-0.2, -0.15) is 18.2 Å². The Kier molecular flexibility index (Phi) is 7.49. The number of imidazole rings is 1. The van der Waals surface area contributed by atoms with Crippen LogP contribution < -0.4 is 10.1 Å². The lowest BCUT2D eigenvalue weighted by Gasteiger charge is -2.34. The van der Waals surface area contributed by atoms with Crippen molar-refractivity contribution in [3.8, 4) is 11.6 Å². The van der Waals surface area contributed by atoms with Crippen molar-refractivity contribution in [1.29, 1.82) is 0 Å². The number of H-pyrrole nitrogens is 1. The van der Waals surface area contributed by atoms with Gasteiger partial charge in [0.25, 0.3) is 5.91 Å². The molecule has 0 aliphatic carbocycles. The second kappa shape index (κ2) is 11.0. The van der Waals surface area contributed by atoms with Crippen LogP contribution in [0.3, 0.4) is 0 Å². The van der Waals surface area contributed by atoms with Crippen LogP contribution in [0.2, 0.25) is 0 Å². The number of halogens is 3. The molecule has 0 saturated carbocycles. The predicted molar refractivity (Wildman–Crippen MR) is 140 cm³/mol. The van der Waals surface area contributed by atoms with Gasteiger partial charge >= 0.3 is 6.18 Å². The average Bonchev–Trinajstić information content (AvgIpc) is 3.40. The number of nitrogens with zero attached hydrogens (tertiary/aromatic N) is 5. The number of likely N-dealkylation sites (N-methyl/N-ethyl adjacent to an activating group) is 1. The van der Waals surface area contributed by atoms with E-state index >= 15 is 0 Å². The predicted octanol–water partition coefficient (Wildman–Crippen LogP) is 4.86. The SMILES string of the molecule is CCN1CCN(Cc2ccc(NC(=O)c3ccc(C)c(Oc4ncnc5nc[nH]c45)c3)cc2C(F)(F)F)CC1. The van der Waals surface area contributed by atoms with E-state index < -0.39 is 17.6 Å². The third kappa shape index (κ3) is 6.02. The monoisotopic (exact) mass is 539 g/mol. The molecule has 12 heteroatoms. The van der Waals surface area contributed by atoms with Crippen LogP contribution in [-0.2, 0) is 12.7 Å². The van der Waals surface area contributed by atoms with Gasteiger partial charge in [0.15, 0.2) is 5.65 Å². The Morgan fingerprint density at radius 1 is 1.05 bits per heavy atom. The van der Waals surface area contributed by atoms with E-state index in [9.17, 15) is 18.0 Å². The third-order valence-corrected chi connectivity index (χ3v) is 6.82. The van der Waals surface area contributed by atoms with E-state index in [1.54, 1.807) is 19.1 Å². The fourth-order valence-corrected chi connectivity index (χ4v) is 4.54. The quantitative estimate of drug-likeness (QED) is 0.346. The van der Waals surface area contributed by atoms with Crippen molar-refractivity contribution in [3.63, 3.8) is 0 Å². The van der Waals surface area contributed by atoms with E-state index in [2.05, 4.69) is 37.1 Å². The highest BCUT2D eigenvalue weighted by Gasteiger charge is 2.34. The summed E-state index contributed by atoms with van der Waals surface area (Å²) >= 11 is 0. The highest BCUT2D eigenvalue weighted by Crippen LogP contribution is 2.35. The molecule has 5 rings (SSSR count). The van der Waals surface area contributed by atoms with Gasteiger partial charge in [-0.3, -0.25) is 9.69 Å². The van der Waals surface area contributed by atoms with Gasteiger partial charge in [0.1, 0.15) is 17.6 Å². The summed E-state index contributed by atoms with van der Waals surface area (Å²) in [6.07, 6.45) is -1.77.